The smallest absolute Gasteiger partial charge is 0.338 e. The van der Waals surface area contributed by atoms with Crippen LogP contribution in [-0.4, -0.2) is 44.3 Å². The number of hydrogen-bond donors (Lipinski definition) is 2. The van der Waals surface area contributed by atoms with Gasteiger partial charge in [0.15, 0.2) is 6.10 Å². The quantitative estimate of drug-likeness (QED) is 0.694. The number of ether oxygens (including phenoxy) is 2. The minimum Gasteiger partial charge on any atom is -0.449 e. The molecule has 0 saturated carbocycles. The molecule has 2 N–H and O–H groups in total. The van der Waals surface area contributed by atoms with Gasteiger partial charge < -0.3 is 19.7 Å². The minimum atomic E-state index is -0.838. The molecule has 1 atom stereocenters. The van der Waals surface area contributed by atoms with Gasteiger partial charge in [0.1, 0.15) is 19.6 Å². The van der Waals surface area contributed by atoms with Crippen molar-refractivity contribution in [3.63, 3.8) is 0 Å². The summed E-state index contributed by atoms with van der Waals surface area (Å²) in [6, 6.07) is 11.3. The first-order valence-electron chi connectivity index (χ1n) is 9.13. The van der Waals surface area contributed by atoms with Crippen molar-refractivity contribution in [2.24, 2.45) is 0 Å². The Morgan fingerprint density at radius 1 is 1.22 bits per heavy atom. The SMILES string of the molecule is C[C@H](OC(=O)c1ccc(C[NH+]2CCOCC2)cc1)C(=O)NCc1cccs1. The second-order valence-corrected chi connectivity index (χ2v) is 7.61. The van der Waals surface area contributed by atoms with Gasteiger partial charge in [0.2, 0.25) is 0 Å². The van der Waals surface area contributed by atoms with Crippen LogP contribution in [0.2, 0.25) is 0 Å². The van der Waals surface area contributed by atoms with E-state index in [1.54, 1.807) is 30.4 Å². The summed E-state index contributed by atoms with van der Waals surface area (Å²) < 4.78 is 10.7. The maximum atomic E-state index is 12.3. The van der Waals surface area contributed by atoms with E-state index in [2.05, 4.69) is 5.32 Å². The molecule has 6 nitrogen and oxygen atoms in total. The number of esters is 1. The molecule has 7 heteroatoms. The summed E-state index contributed by atoms with van der Waals surface area (Å²) in [6.45, 7) is 6.54. The number of rotatable bonds is 7. The highest BCUT2D eigenvalue weighted by atomic mass is 32.1. The summed E-state index contributed by atoms with van der Waals surface area (Å²) in [5, 5.41) is 4.73. The van der Waals surface area contributed by atoms with E-state index < -0.39 is 12.1 Å². The van der Waals surface area contributed by atoms with Gasteiger partial charge in [0, 0.05) is 10.4 Å². The van der Waals surface area contributed by atoms with Gasteiger partial charge in [0.25, 0.3) is 5.91 Å². The molecular formula is C20H25N2O4S+. The molecule has 0 unspecified atom stereocenters. The largest absolute Gasteiger partial charge is 0.449 e. The van der Waals surface area contributed by atoms with Crippen molar-refractivity contribution in [1.29, 1.82) is 0 Å². The summed E-state index contributed by atoms with van der Waals surface area (Å²) in [4.78, 5) is 26.9. The van der Waals surface area contributed by atoms with Gasteiger partial charge >= 0.3 is 5.97 Å². The molecule has 1 fully saturated rings. The predicted molar refractivity (Wildman–Crippen MR) is 103 cm³/mol. The van der Waals surface area contributed by atoms with Crippen LogP contribution >= 0.6 is 11.3 Å². The fourth-order valence-electron chi connectivity index (χ4n) is 2.90. The molecule has 27 heavy (non-hydrogen) atoms. The number of nitrogens with one attached hydrogen (secondary N) is 2. The zero-order chi connectivity index (χ0) is 19.1. The zero-order valence-corrected chi connectivity index (χ0v) is 16.2. The van der Waals surface area contributed by atoms with Crippen LogP contribution in [0.3, 0.4) is 0 Å². The fraction of sp³-hybridized carbons (Fsp3) is 0.400. The molecule has 0 radical (unpaired) electrons. The van der Waals surface area contributed by atoms with Crippen molar-refractivity contribution in [1.82, 2.24) is 5.32 Å². The second-order valence-electron chi connectivity index (χ2n) is 6.58. The summed E-state index contributed by atoms with van der Waals surface area (Å²) in [7, 11) is 0. The normalized spacial score (nSPS) is 15.9. The molecule has 2 heterocycles. The van der Waals surface area contributed by atoms with E-state index in [4.69, 9.17) is 9.47 Å². The van der Waals surface area contributed by atoms with Gasteiger partial charge in [-0.2, -0.15) is 0 Å². The van der Waals surface area contributed by atoms with E-state index in [-0.39, 0.29) is 5.91 Å². The molecule has 0 bridgehead atoms. The minimum absolute atomic E-state index is 0.302. The highest BCUT2D eigenvalue weighted by Gasteiger charge is 2.19. The third kappa shape index (κ3) is 5.89. The number of morpholine rings is 1. The van der Waals surface area contributed by atoms with Crippen molar-refractivity contribution in [2.45, 2.75) is 26.1 Å². The lowest BCUT2D eigenvalue weighted by Gasteiger charge is -2.23. The number of amides is 1. The maximum Gasteiger partial charge on any atom is 0.338 e. The topological polar surface area (TPSA) is 69.1 Å². The Morgan fingerprint density at radius 2 is 1.96 bits per heavy atom. The Morgan fingerprint density at radius 3 is 2.63 bits per heavy atom. The summed E-state index contributed by atoms with van der Waals surface area (Å²) >= 11 is 1.57. The van der Waals surface area contributed by atoms with Crippen LogP contribution in [-0.2, 0) is 27.4 Å². The molecule has 1 aliphatic heterocycles. The highest BCUT2D eigenvalue weighted by molar-refractivity contribution is 7.09. The summed E-state index contributed by atoms with van der Waals surface area (Å²) in [5.74, 6) is -0.789. The summed E-state index contributed by atoms with van der Waals surface area (Å²) in [5.41, 5.74) is 1.62. The van der Waals surface area contributed by atoms with Gasteiger partial charge in [0.05, 0.1) is 25.3 Å². The number of carbonyl (C=O) groups excluding carboxylic acids is 2. The number of quaternary nitrogens is 1. The molecule has 1 aromatic carbocycles. The molecule has 144 valence electrons. The first-order chi connectivity index (χ1) is 13.1. The average Bonchev–Trinajstić information content (AvgIpc) is 3.21. The lowest BCUT2D eigenvalue weighted by molar-refractivity contribution is -0.921. The van der Waals surface area contributed by atoms with Gasteiger partial charge in [-0.1, -0.05) is 18.2 Å². The third-order valence-corrected chi connectivity index (χ3v) is 5.39. The monoisotopic (exact) mass is 389 g/mol. The Bertz CT molecular complexity index is 740. The maximum absolute atomic E-state index is 12.3. The van der Waals surface area contributed by atoms with Gasteiger partial charge in [-0.3, -0.25) is 4.79 Å². The van der Waals surface area contributed by atoms with Gasteiger partial charge in [-0.25, -0.2) is 4.79 Å². The number of carbonyl (C=O) groups is 2. The Kier molecular flexibility index (Phi) is 6.98. The molecule has 1 aromatic heterocycles. The second kappa shape index (κ2) is 9.64. The van der Waals surface area contributed by atoms with E-state index in [9.17, 15) is 9.59 Å². The standard InChI is InChI=1S/C20H24N2O4S/c1-15(19(23)21-13-18-3-2-12-27-18)26-20(24)17-6-4-16(5-7-17)14-22-8-10-25-11-9-22/h2-7,12,15H,8-11,13-14H2,1H3,(H,21,23)/p+1/t15-/m0/s1. The predicted octanol–water partition coefficient (Wildman–Crippen LogP) is 1.02. The van der Waals surface area contributed by atoms with Crippen molar-refractivity contribution in [2.75, 3.05) is 26.3 Å². The zero-order valence-electron chi connectivity index (χ0n) is 15.4. The summed E-state index contributed by atoms with van der Waals surface area (Å²) in [6.07, 6.45) is -0.838. The van der Waals surface area contributed by atoms with E-state index in [1.807, 2.05) is 29.6 Å². The molecular weight excluding hydrogens is 364 g/mol. The van der Waals surface area contributed by atoms with Gasteiger partial charge in [-0.05, 0) is 30.5 Å². The van der Waals surface area contributed by atoms with Crippen LogP contribution in [0.5, 0.6) is 0 Å². The Balaban J connectivity index is 1.47. The first kappa shape index (κ1) is 19.5. The van der Waals surface area contributed by atoms with E-state index in [0.29, 0.717) is 12.1 Å². The van der Waals surface area contributed by atoms with E-state index >= 15 is 0 Å². The molecule has 1 amide bonds. The lowest BCUT2D eigenvalue weighted by atomic mass is 10.1. The Labute approximate surface area is 163 Å². The third-order valence-electron chi connectivity index (χ3n) is 4.51. The number of thiophene rings is 1. The van der Waals surface area contributed by atoms with E-state index in [0.717, 1.165) is 37.7 Å². The number of benzene rings is 1. The molecule has 1 aliphatic rings. The molecule has 0 spiro atoms. The van der Waals surface area contributed by atoms with Crippen LogP contribution in [0.4, 0.5) is 0 Å². The Hall–Kier alpha value is -2.22. The van der Waals surface area contributed by atoms with Crippen molar-refractivity contribution in [3.05, 3.63) is 57.8 Å². The van der Waals surface area contributed by atoms with Crippen molar-refractivity contribution >= 4 is 23.2 Å². The highest BCUT2D eigenvalue weighted by Crippen LogP contribution is 2.09. The van der Waals surface area contributed by atoms with Crippen LogP contribution in [0, 0.1) is 0 Å². The average molecular weight is 389 g/mol. The lowest BCUT2D eigenvalue weighted by Crippen LogP contribution is -3.12. The fourth-order valence-corrected chi connectivity index (χ4v) is 3.54. The van der Waals surface area contributed by atoms with Crippen LogP contribution in [0.15, 0.2) is 41.8 Å². The van der Waals surface area contributed by atoms with E-state index in [1.165, 1.54) is 10.5 Å². The first-order valence-corrected chi connectivity index (χ1v) is 10.0. The van der Waals surface area contributed by atoms with Gasteiger partial charge in [-0.15, -0.1) is 11.3 Å². The molecule has 3 rings (SSSR count). The van der Waals surface area contributed by atoms with Crippen LogP contribution in [0.1, 0.15) is 27.7 Å². The van der Waals surface area contributed by atoms with Crippen LogP contribution in [0.25, 0.3) is 0 Å². The van der Waals surface area contributed by atoms with Crippen LogP contribution < -0.4 is 10.2 Å². The molecule has 1 saturated heterocycles. The van der Waals surface area contributed by atoms with Crippen molar-refractivity contribution in [3.8, 4) is 0 Å². The van der Waals surface area contributed by atoms with Crippen molar-refractivity contribution < 1.29 is 24.0 Å². The molecule has 2 aromatic rings. The number of hydrogen-bond acceptors (Lipinski definition) is 5. The molecule has 0 aliphatic carbocycles.